The maximum Gasteiger partial charge on any atom is 0.322 e. The second-order valence-electron chi connectivity index (χ2n) is 6.53. The third-order valence-corrected chi connectivity index (χ3v) is 4.68. The van der Waals surface area contributed by atoms with Crippen LogP contribution in [0.2, 0.25) is 0 Å². The molecule has 7 heteroatoms. The van der Waals surface area contributed by atoms with E-state index in [0.717, 1.165) is 34.1 Å². The van der Waals surface area contributed by atoms with Crippen LogP contribution in [0.3, 0.4) is 0 Å². The molecule has 1 aromatic heterocycles. The molecule has 3 rings (SSSR count). The number of aromatic nitrogens is 2. The van der Waals surface area contributed by atoms with Gasteiger partial charge in [0, 0.05) is 5.56 Å². The van der Waals surface area contributed by atoms with Crippen molar-refractivity contribution in [2.75, 3.05) is 21.3 Å². The lowest BCUT2D eigenvalue weighted by Crippen LogP contribution is -2.31. The molecule has 0 aliphatic rings. The van der Waals surface area contributed by atoms with Gasteiger partial charge in [-0.2, -0.15) is 5.10 Å². The number of benzene rings is 2. The first-order chi connectivity index (χ1) is 14.0. The summed E-state index contributed by atoms with van der Waals surface area (Å²) in [4.78, 5) is 11.6. The van der Waals surface area contributed by atoms with Crippen molar-refractivity contribution in [3.8, 4) is 28.4 Å². The summed E-state index contributed by atoms with van der Waals surface area (Å²) in [6, 6.07) is 16.8. The van der Waals surface area contributed by atoms with Gasteiger partial charge in [0.25, 0.3) is 0 Å². The largest absolute Gasteiger partial charge is 0.497 e. The van der Waals surface area contributed by atoms with E-state index in [-0.39, 0.29) is 0 Å². The van der Waals surface area contributed by atoms with Gasteiger partial charge in [-0.25, -0.2) is 4.68 Å². The molecule has 0 radical (unpaired) electrons. The van der Waals surface area contributed by atoms with E-state index in [0.29, 0.717) is 12.8 Å². The molecule has 0 bridgehead atoms. The summed E-state index contributed by atoms with van der Waals surface area (Å²) in [5.74, 6) is 1.14. The van der Waals surface area contributed by atoms with Gasteiger partial charge in [-0.05, 0) is 67.4 Å². The van der Waals surface area contributed by atoms with Crippen LogP contribution in [0, 0.1) is 0 Å². The molecule has 0 saturated heterocycles. The Bertz CT molecular complexity index is 884. The van der Waals surface area contributed by atoms with Gasteiger partial charge >= 0.3 is 5.97 Å². The van der Waals surface area contributed by atoms with Crippen molar-refractivity contribution in [3.05, 3.63) is 60.3 Å². The van der Waals surface area contributed by atoms with Gasteiger partial charge in [0.15, 0.2) is 0 Å². The maximum atomic E-state index is 11.6. The molecular formula is C22H25N3O4. The van der Waals surface area contributed by atoms with E-state index >= 15 is 0 Å². The minimum Gasteiger partial charge on any atom is -0.497 e. The Morgan fingerprint density at radius 2 is 1.59 bits per heavy atom. The zero-order valence-electron chi connectivity index (χ0n) is 16.8. The quantitative estimate of drug-likeness (QED) is 0.590. The fraction of sp³-hybridized carbons (Fsp3) is 0.273. The lowest BCUT2D eigenvalue weighted by atomic mass is 10.1. The zero-order valence-corrected chi connectivity index (χ0v) is 16.8. The molecule has 29 heavy (non-hydrogen) atoms. The molecule has 1 heterocycles. The summed E-state index contributed by atoms with van der Waals surface area (Å²) in [5, 5.41) is 4.75. The van der Waals surface area contributed by atoms with Crippen LogP contribution in [0.5, 0.6) is 11.5 Å². The number of nitrogens with two attached hydrogens (primary N) is 1. The van der Waals surface area contributed by atoms with Crippen molar-refractivity contribution < 1.29 is 19.0 Å². The minimum absolute atomic E-state index is 0.421. The number of rotatable bonds is 8. The van der Waals surface area contributed by atoms with Gasteiger partial charge in [0.05, 0.1) is 38.4 Å². The Labute approximate surface area is 170 Å². The van der Waals surface area contributed by atoms with E-state index in [1.54, 1.807) is 14.2 Å². The maximum absolute atomic E-state index is 11.6. The van der Waals surface area contributed by atoms with Crippen molar-refractivity contribution in [2.24, 2.45) is 5.73 Å². The second-order valence-corrected chi connectivity index (χ2v) is 6.53. The Morgan fingerprint density at radius 3 is 2.14 bits per heavy atom. The van der Waals surface area contributed by atoms with Gasteiger partial charge in [0.2, 0.25) is 0 Å². The van der Waals surface area contributed by atoms with Crippen LogP contribution < -0.4 is 15.2 Å². The van der Waals surface area contributed by atoms with Crippen LogP contribution >= 0.6 is 0 Å². The predicted molar refractivity (Wildman–Crippen MR) is 110 cm³/mol. The molecule has 0 amide bonds. The lowest BCUT2D eigenvalue weighted by molar-refractivity contribution is -0.142. The first kappa shape index (κ1) is 20.4. The molecule has 152 valence electrons. The van der Waals surface area contributed by atoms with E-state index in [4.69, 9.17) is 25.0 Å². The molecule has 2 N–H and O–H groups in total. The minimum atomic E-state index is -0.671. The Balaban J connectivity index is 1.94. The molecule has 0 spiro atoms. The second kappa shape index (κ2) is 9.25. The van der Waals surface area contributed by atoms with Crippen molar-refractivity contribution in [2.45, 2.75) is 18.9 Å². The summed E-state index contributed by atoms with van der Waals surface area (Å²) in [6.07, 6.45) is 1.01. The van der Waals surface area contributed by atoms with E-state index in [1.165, 1.54) is 7.11 Å². The highest BCUT2D eigenvalue weighted by Crippen LogP contribution is 2.27. The fourth-order valence-corrected chi connectivity index (χ4v) is 3.01. The fourth-order valence-electron chi connectivity index (χ4n) is 3.01. The number of carbonyl (C=O) groups excluding carboxylic acids is 1. The van der Waals surface area contributed by atoms with Crippen LogP contribution in [0.4, 0.5) is 0 Å². The van der Waals surface area contributed by atoms with Crippen molar-refractivity contribution in [1.29, 1.82) is 0 Å². The molecule has 0 fully saturated rings. The van der Waals surface area contributed by atoms with Gasteiger partial charge in [0.1, 0.15) is 17.5 Å². The molecule has 3 aromatic rings. The third-order valence-electron chi connectivity index (χ3n) is 4.68. The first-order valence-corrected chi connectivity index (χ1v) is 9.27. The average molecular weight is 395 g/mol. The highest BCUT2D eigenvalue weighted by Gasteiger charge is 2.17. The number of methoxy groups -OCH3 is 3. The summed E-state index contributed by atoms with van der Waals surface area (Å²) >= 11 is 0. The third kappa shape index (κ3) is 4.75. The number of hydrogen-bond acceptors (Lipinski definition) is 6. The van der Waals surface area contributed by atoms with Crippen LogP contribution in [0.15, 0.2) is 54.6 Å². The molecular weight excluding hydrogens is 370 g/mol. The van der Waals surface area contributed by atoms with Gasteiger partial charge in [-0.15, -0.1) is 0 Å². The number of nitrogens with zero attached hydrogens (tertiary/aromatic N) is 2. The molecule has 1 atom stereocenters. The highest BCUT2D eigenvalue weighted by molar-refractivity contribution is 5.75. The standard InChI is InChI=1S/C22H25N3O4/c1-27-18-9-4-15(5-10-18)21-14-16(6-13-20(23)22(26)29-3)24-25(21)17-7-11-19(28-2)12-8-17/h4-5,7-12,14,20H,6,13,23H2,1-3H3/t20-/m1/s1. The van der Waals surface area contributed by atoms with Crippen LogP contribution in [0.1, 0.15) is 12.1 Å². The van der Waals surface area contributed by atoms with E-state index in [2.05, 4.69) is 0 Å². The van der Waals surface area contributed by atoms with E-state index in [1.807, 2.05) is 59.3 Å². The summed E-state index contributed by atoms with van der Waals surface area (Å²) in [6.45, 7) is 0. The van der Waals surface area contributed by atoms with Crippen molar-refractivity contribution in [1.82, 2.24) is 9.78 Å². The monoisotopic (exact) mass is 395 g/mol. The SMILES string of the molecule is COC(=O)[C@H](N)CCc1cc(-c2ccc(OC)cc2)n(-c2ccc(OC)cc2)n1. The van der Waals surface area contributed by atoms with Crippen molar-refractivity contribution >= 4 is 5.97 Å². The average Bonchev–Trinajstić information content (AvgIpc) is 3.21. The summed E-state index contributed by atoms with van der Waals surface area (Å²) in [7, 11) is 4.61. The molecule has 0 aliphatic carbocycles. The Kier molecular flexibility index (Phi) is 6.51. The number of hydrogen-bond donors (Lipinski definition) is 1. The topological polar surface area (TPSA) is 88.6 Å². The Morgan fingerprint density at radius 1 is 1.00 bits per heavy atom. The van der Waals surface area contributed by atoms with E-state index in [9.17, 15) is 4.79 Å². The number of esters is 1. The van der Waals surface area contributed by atoms with Crippen LogP contribution in [-0.4, -0.2) is 43.1 Å². The summed E-state index contributed by atoms with van der Waals surface area (Å²) in [5.41, 5.74) is 9.54. The predicted octanol–water partition coefficient (Wildman–Crippen LogP) is 2.99. The lowest BCUT2D eigenvalue weighted by Gasteiger charge is -2.09. The first-order valence-electron chi connectivity index (χ1n) is 9.27. The van der Waals surface area contributed by atoms with Gasteiger partial charge in [-0.3, -0.25) is 4.79 Å². The van der Waals surface area contributed by atoms with Crippen LogP contribution in [0.25, 0.3) is 16.9 Å². The van der Waals surface area contributed by atoms with E-state index < -0.39 is 12.0 Å². The molecule has 7 nitrogen and oxygen atoms in total. The van der Waals surface area contributed by atoms with Crippen LogP contribution in [-0.2, 0) is 16.0 Å². The van der Waals surface area contributed by atoms with Gasteiger partial charge < -0.3 is 19.9 Å². The molecule has 0 aliphatic heterocycles. The number of aryl methyl sites for hydroxylation is 1. The molecule has 0 saturated carbocycles. The normalized spacial score (nSPS) is 11.7. The molecule has 2 aromatic carbocycles. The zero-order chi connectivity index (χ0) is 20.8. The van der Waals surface area contributed by atoms with Crippen molar-refractivity contribution in [3.63, 3.8) is 0 Å². The van der Waals surface area contributed by atoms with Gasteiger partial charge in [-0.1, -0.05) is 0 Å². The number of carbonyl (C=O) groups is 1. The highest BCUT2D eigenvalue weighted by atomic mass is 16.5. The smallest absolute Gasteiger partial charge is 0.322 e. The summed E-state index contributed by atoms with van der Waals surface area (Å²) < 4.78 is 17.1. The number of ether oxygens (including phenoxy) is 3. The molecule has 0 unspecified atom stereocenters. The Hall–Kier alpha value is -3.32.